The Labute approximate surface area is 199 Å². The van der Waals surface area contributed by atoms with Gasteiger partial charge in [0, 0.05) is 21.5 Å². The molecule has 2 aromatic carbocycles. The first-order chi connectivity index (χ1) is 14.2. The van der Waals surface area contributed by atoms with Crippen molar-refractivity contribution in [2.45, 2.75) is 45.8 Å². The van der Waals surface area contributed by atoms with Crippen LogP contribution in [0.2, 0.25) is 5.02 Å². The summed E-state index contributed by atoms with van der Waals surface area (Å²) in [4.78, 5) is 27.2. The standard InChI is InChI=1S/C22H25Br2ClN2O3/c1-4-14(2)26-22(29)15(3)27(12-16-5-7-17(23)8-6-16)21(28)13-30-20-10-9-18(24)11-19(20)25/h5-11,14-15H,4,12-13H2,1-3H3,(H,26,29). The second-order valence-electron chi connectivity index (χ2n) is 7.01. The minimum atomic E-state index is -0.654. The highest BCUT2D eigenvalue weighted by atomic mass is 79.9. The van der Waals surface area contributed by atoms with E-state index in [1.807, 2.05) is 38.1 Å². The average Bonchev–Trinajstić information content (AvgIpc) is 2.71. The van der Waals surface area contributed by atoms with Gasteiger partial charge in [0.15, 0.2) is 6.61 Å². The number of rotatable bonds is 9. The van der Waals surface area contributed by atoms with E-state index in [1.165, 1.54) is 4.90 Å². The van der Waals surface area contributed by atoms with Crippen LogP contribution in [0.1, 0.15) is 32.8 Å². The lowest BCUT2D eigenvalue weighted by Crippen LogP contribution is -2.50. The van der Waals surface area contributed by atoms with Crippen LogP contribution in [0, 0.1) is 0 Å². The molecule has 0 saturated heterocycles. The molecular formula is C22H25Br2ClN2O3. The molecular weight excluding hydrogens is 536 g/mol. The van der Waals surface area contributed by atoms with Gasteiger partial charge in [0.2, 0.25) is 5.91 Å². The van der Waals surface area contributed by atoms with E-state index in [-0.39, 0.29) is 24.5 Å². The van der Waals surface area contributed by atoms with Crippen molar-refractivity contribution in [3.8, 4) is 5.75 Å². The SMILES string of the molecule is CCC(C)NC(=O)C(C)N(Cc1ccc(Br)cc1)C(=O)COc1ccc(Br)cc1Cl. The number of nitrogens with zero attached hydrogens (tertiary/aromatic N) is 1. The molecule has 8 heteroatoms. The van der Waals surface area contributed by atoms with Crippen molar-refractivity contribution >= 4 is 55.3 Å². The van der Waals surface area contributed by atoms with E-state index in [1.54, 1.807) is 25.1 Å². The molecule has 0 aliphatic heterocycles. The smallest absolute Gasteiger partial charge is 0.261 e. The van der Waals surface area contributed by atoms with Gasteiger partial charge < -0.3 is 15.0 Å². The van der Waals surface area contributed by atoms with Crippen molar-refractivity contribution < 1.29 is 14.3 Å². The summed E-state index contributed by atoms with van der Waals surface area (Å²) in [5.74, 6) is -0.0892. The Morgan fingerprint density at radius 3 is 2.33 bits per heavy atom. The minimum absolute atomic E-state index is 0.0300. The van der Waals surface area contributed by atoms with Crippen molar-refractivity contribution in [2.75, 3.05) is 6.61 Å². The predicted octanol–water partition coefficient (Wildman–Crippen LogP) is 5.58. The number of hydrogen-bond acceptors (Lipinski definition) is 3. The Kier molecular flexibility index (Phi) is 9.65. The monoisotopic (exact) mass is 558 g/mol. The van der Waals surface area contributed by atoms with Crippen molar-refractivity contribution in [3.05, 3.63) is 62.0 Å². The molecule has 0 aliphatic rings. The van der Waals surface area contributed by atoms with E-state index < -0.39 is 6.04 Å². The molecule has 0 aromatic heterocycles. The molecule has 2 atom stereocenters. The average molecular weight is 561 g/mol. The maximum Gasteiger partial charge on any atom is 0.261 e. The van der Waals surface area contributed by atoms with E-state index in [0.717, 1.165) is 20.9 Å². The Morgan fingerprint density at radius 1 is 1.10 bits per heavy atom. The van der Waals surface area contributed by atoms with Crippen molar-refractivity contribution in [1.82, 2.24) is 10.2 Å². The van der Waals surface area contributed by atoms with Gasteiger partial charge in [0.25, 0.3) is 5.91 Å². The van der Waals surface area contributed by atoms with Crippen molar-refractivity contribution in [1.29, 1.82) is 0 Å². The molecule has 0 fully saturated rings. The number of carbonyl (C=O) groups excluding carboxylic acids is 2. The number of carbonyl (C=O) groups is 2. The zero-order valence-corrected chi connectivity index (χ0v) is 21.1. The lowest BCUT2D eigenvalue weighted by atomic mass is 10.1. The summed E-state index contributed by atoms with van der Waals surface area (Å²) in [6.07, 6.45) is 0.810. The molecule has 0 spiro atoms. The molecule has 162 valence electrons. The van der Waals surface area contributed by atoms with Crippen LogP contribution in [0.5, 0.6) is 5.75 Å². The molecule has 0 heterocycles. The molecule has 0 bridgehead atoms. The van der Waals surface area contributed by atoms with Crippen LogP contribution in [-0.4, -0.2) is 35.4 Å². The molecule has 1 N–H and O–H groups in total. The maximum atomic E-state index is 13.0. The zero-order chi connectivity index (χ0) is 22.3. The van der Waals surface area contributed by atoms with Crippen LogP contribution >= 0.6 is 43.5 Å². The molecule has 2 amide bonds. The van der Waals surface area contributed by atoms with E-state index in [2.05, 4.69) is 37.2 Å². The fourth-order valence-corrected chi connectivity index (χ4v) is 3.64. The molecule has 2 unspecified atom stereocenters. The van der Waals surface area contributed by atoms with E-state index >= 15 is 0 Å². The van der Waals surface area contributed by atoms with Gasteiger partial charge in [-0.3, -0.25) is 9.59 Å². The third-order valence-corrected chi connectivity index (χ3v) is 6.00. The second kappa shape index (κ2) is 11.7. The Morgan fingerprint density at radius 2 is 1.73 bits per heavy atom. The Bertz CT molecular complexity index is 877. The van der Waals surface area contributed by atoms with Crippen LogP contribution in [0.3, 0.4) is 0 Å². The summed E-state index contributed by atoms with van der Waals surface area (Å²) in [6.45, 7) is 5.72. The van der Waals surface area contributed by atoms with E-state index in [0.29, 0.717) is 17.3 Å². The van der Waals surface area contributed by atoms with E-state index in [9.17, 15) is 9.59 Å². The van der Waals surface area contributed by atoms with Crippen LogP contribution in [0.4, 0.5) is 0 Å². The largest absolute Gasteiger partial charge is 0.482 e. The number of benzene rings is 2. The molecule has 2 aromatic rings. The Hall–Kier alpha value is -1.57. The van der Waals surface area contributed by atoms with Gasteiger partial charge in [-0.2, -0.15) is 0 Å². The van der Waals surface area contributed by atoms with Gasteiger partial charge in [-0.15, -0.1) is 0 Å². The molecule has 5 nitrogen and oxygen atoms in total. The fraction of sp³-hybridized carbons (Fsp3) is 0.364. The lowest BCUT2D eigenvalue weighted by molar-refractivity contribution is -0.142. The summed E-state index contributed by atoms with van der Waals surface area (Å²) < 4.78 is 7.40. The highest BCUT2D eigenvalue weighted by Crippen LogP contribution is 2.27. The van der Waals surface area contributed by atoms with Gasteiger partial charge in [0.1, 0.15) is 11.8 Å². The number of ether oxygens (including phenoxy) is 1. The van der Waals surface area contributed by atoms with Gasteiger partial charge >= 0.3 is 0 Å². The van der Waals surface area contributed by atoms with Crippen LogP contribution in [-0.2, 0) is 16.1 Å². The lowest BCUT2D eigenvalue weighted by Gasteiger charge is -2.29. The van der Waals surface area contributed by atoms with Crippen LogP contribution < -0.4 is 10.1 Å². The third-order valence-electron chi connectivity index (χ3n) is 4.68. The molecule has 2 rings (SSSR count). The summed E-state index contributed by atoms with van der Waals surface area (Å²) >= 11 is 12.9. The normalized spacial score (nSPS) is 12.7. The highest BCUT2D eigenvalue weighted by molar-refractivity contribution is 9.10. The Balaban J connectivity index is 2.16. The first-order valence-electron chi connectivity index (χ1n) is 9.63. The van der Waals surface area contributed by atoms with E-state index in [4.69, 9.17) is 16.3 Å². The first kappa shape index (κ1) is 24.7. The highest BCUT2D eigenvalue weighted by Gasteiger charge is 2.27. The number of halogens is 3. The first-order valence-corrected chi connectivity index (χ1v) is 11.6. The number of nitrogens with one attached hydrogen (secondary N) is 1. The maximum absolute atomic E-state index is 13.0. The summed E-state index contributed by atoms with van der Waals surface area (Å²) in [6, 6.07) is 12.2. The van der Waals surface area contributed by atoms with Gasteiger partial charge in [0.05, 0.1) is 5.02 Å². The van der Waals surface area contributed by atoms with Crippen LogP contribution in [0.15, 0.2) is 51.4 Å². The summed E-state index contributed by atoms with van der Waals surface area (Å²) in [5, 5.41) is 3.34. The second-order valence-corrected chi connectivity index (χ2v) is 9.24. The topological polar surface area (TPSA) is 58.6 Å². The van der Waals surface area contributed by atoms with Gasteiger partial charge in [-0.1, -0.05) is 62.5 Å². The zero-order valence-electron chi connectivity index (χ0n) is 17.1. The number of hydrogen-bond donors (Lipinski definition) is 1. The fourth-order valence-electron chi connectivity index (χ4n) is 2.65. The molecule has 0 radical (unpaired) electrons. The minimum Gasteiger partial charge on any atom is -0.482 e. The molecule has 30 heavy (non-hydrogen) atoms. The summed E-state index contributed by atoms with van der Waals surface area (Å²) in [7, 11) is 0. The quantitative estimate of drug-likeness (QED) is 0.436. The third kappa shape index (κ3) is 7.29. The summed E-state index contributed by atoms with van der Waals surface area (Å²) in [5.41, 5.74) is 0.913. The predicted molar refractivity (Wildman–Crippen MR) is 127 cm³/mol. The van der Waals surface area contributed by atoms with Crippen molar-refractivity contribution in [2.24, 2.45) is 0 Å². The molecule has 0 aliphatic carbocycles. The van der Waals surface area contributed by atoms with Crippen LogP contribution in [0.25, 0.3) is 0 Å². The number of amides is 2. The van der Waals surface area contributed by atoms with Gasteiger partial charge in [-0.05, 0) is 56.2 Å². The van der Waals surface area contributed by atoms with Gasteiger partial charge in [-0.25, -0.2) is 0 Å². The van der Waals surface area contributed by atoms with Crippen molar-refractivity contribution in [3.63, 3.8) is 0 Å². The molecule has 0 saturated carbocycles.